The van der Waals surface area contributed by atoms with Crippen molar-refractivity contribution in [1.29, 1.82) is 0 Å². The molecule has 0 spiro atoms. The van der Waals surface area contributed by atoms with Crippen LogP contribution in [-0.2, 0) is 4.79 Å². The van der Waals surface area contributed by atoms with E-state index in [4.69, 9.17) is 0 Å². The molecule has 2 unspecified atom stereocenters. The predicted octanol–water partition coefficient (Wildman–Crippen LogP) is 0.795. The number of rotatable bonds is 2. The van der Waals surface area contributed by atoms with Gasteiger partial charge in [0.05, 0.1) is 12.1 Å². The summed E-state index contributed by atoms with van der Waals surface area (Å²) in [6.45, 7) is 2.08. The van der Waals surface area contributed by atoms with Crippen molar-refractivity contribution in [3.63, 3.8) is 0 Å². The average molecular weight is 238 g/mol. The van der Waals surface area contributed by atoms with Crippen molar-refractivity contribution in [3.05, 3.63) is 29.6 Å². The average Bonchev–Trinajstić information content (AvgIpc) is 2.70. The van der Waals surface area contributed by atoms with Gasteiger partial charge in [-0.15, -0.1) is 0 Å². The van der Waals surface area contributed by atoms with Crippen LogP contribution in [0.5, 0.6) is 0 Å². The van der Waals surface area contributed by atoms with Gasteiger partial charge in [-0.1, -0.05) is 6.07 Å². The van der Waals surface area contributed by atoms with E-state index >= 15 is 0 Å². The van der Waals surface area contributed by atoms with Crippen LogP contribution < -0.4 is 10.6 Å². The molecule has 0 radical (unpaired) electrons. The molecule has 2 rings (SSSR count). The summed E-state index contributed by atoms with van der Waals surface area (Å²) in [6.07, 6.45) is -0.0966. The Morgan fingerprint density at radius 1 is 1.59 bits per heavy atom. The third-order valence-electron chi connectivity index (χ3n) is 2.86. The summed E-state index contributed by atoms with van der Waals surface area (Å²) in [5, 5.41) is 14.8. The molecule has 1 aromatic carbocycles. The van der Waals surface area contributed by atoms with Crippen molar-refractivity contribution in [1.82, 2.24) is 5.32 Å². The third-order valence-corrected chi connectivity index (χ3v) is 2.86. The van der Waals surface area contributed by atoms with Gasteiger partial charge in [-0.25, -0.2) is 4.39 Å². The first-order valence-electron chi connectivity index (χ1n) is 5.54. The highest BCUT2D eigenvalue weighted by atomic mass is 19.1. The van der Waals surface area contributed by atoms with Crippen molar-refractivity contribution in [2.45, 2.75) is 25.5 Å². The molecule has 5 heteroatoms. The zero-order valence-corrected chi connectivity index (χ0v) is 9.53. The molecule has 17 heavy (non-hydrogen) atoms. The number of carbonyl (C=O) groups is 1. The number of nitrogens with one attached hydrogen (secondary N) is 2. The van der Waals surface area contributed by atoms with Gasteiger partial charge < -0.3 is 15.7 Å². The monoisotopic (exact) mass is 238 g/mol. The fraction of sp³-hybridized carbons (Fsp3) is 0.417. The van der Waals surface area contributed by atoms with E-state index in [1.54, 1.807) is 19.1 Å². The molecule has 3 N–H and O–H groups in total. The molecule has 0 aliphatic carbocycles. The number of aliphatic hydroxyl groups excluding tert-OH is 1. The minimum absolute atomic E-state index is 0.246. The molecule has 1 aromatic rings. The summed E-state index contributed by atoms with van der Waals surface area (Å²) in [5.41, 5.74) is 0.971. The van der Waals surface area contributed by atoms with Crippen molar-refractivity contribution >= 4 is 11.6 Å². The van der Waals surface area contributed by atoms with Crippen molar-refractivity contribution < 1.29 is 14.3 Å². The highest BCUT2D eigenvalue weighted by Gasteiger charge is 2.27. The van der Waals surface area contributed by atoms with E-state index in [1.807, 2.05) is 0 Å². The predicted molar refractivity (Wildman–Crippen MR) is 62.2 cm³/mol. The van der Waals surface area contributed by atoms with E-state index in [9.17, 15) is 14.3 Å². The Hall–Kier alpha value is -1.46. The fourth-order valence-electron chi connectivity index (χ4n) is 1.82. The van der Waals surface area contributed by atoms with Gasteiger partial charge in [-0.2, -0.15) is 0 Å². The van der Waals surface area contributed by atoms with Crippen LogP contribution in [0.1, 0.15) is 12.0 Å². The van der Waals surface area contributed by atoms with Gasteiger partial charge in [-0.3, -0.25) is 4.79 Å². The lowest BCUT2D eigenvalue weighted by atomic mass is 10.1. The number of aryl methyl sites for hydroxylation is 1. The third kappa shape index (κ3) is 2.81. The number of amides is 1. The number of hydrogen-bond acceptors (Lipinski definition) is 3. The van der Waals surface area contributed by atoms with Crippen molar-refractivity contribution in [3.8, 4) is 0 Å². The summed E-state index contributed by atoms with van der Waals surface area (Å²) in [5.74, 6) is -0.591. The summed E-state index contributed by atoms with van der Waals surface area (Å²) in [4.78, 5) is 11.7. The lowest BCUT2D eigenvalue weighted by Gasteiger charge is -2.11. The smallest absolute Gasteiger partial charge is 0.241 e. The van der Waals surface area contributed by atoms with Crippen LogP contribution in [0.3, 0.4) is 0 Å². The second-order valence-electron chi connectivity index (χ2n) is 4.30. The number of halogens is 1. The van der Waals surface area contributed by atoms with E-state index in [-0.39, 0.29) is 11.7 Å². The second kappa shape index (κ2) is 4.81. The zero-order valence-electron chi connectivity index (χ0n) is 9.53. The summed E-state index contributed by atoms with van der Waals surface area (Å²) >= 11 is 0. The molecular weight excluding hydrogens is 223 g/mol. The van der Waals surface area contributed by atoms with Crippen molar-refractivity contribution in [2.75, 3.05) is 11.9 Å². The Bertz CT molecular complexity index is 437. The number of anilines is 1. The first-order valence-corrected chi connectivity index (χ1v) is 5.54. The highest BCUT2D eigenvalue weighted by molar-refractivity contribution is 5.95. The Kier molecular flexibility index (Phi) is 3.40. The first-order chi connectivity index (χ1) is 8.06. The Morgan fingerprint density at radius 3 is 2.94 bits per heavy atom. The molecule has 1 fully saturated rings. The second-order valence-corrected chi connectivity index (χ2v) is 4.30. The standard InChI is InChI=1S/C12H15FN2O2/c1-7-2-3-8(4-10(7)13)15-12(17)11-5-9(16)6-14-11/h2-4,9,11,14,16H,5-6H2,1H3,(H,15,17). The number of hydrogen-bond donors (Lipinski definition) is 3. The van der Waals surface area contributed by atoms with E-state index < -0.39 is 12.1 Å². The minimum Gasteiger partial charge on any atom is -0.392 e. The SMILES string of the molecule is Cc1ccc(NC(=O)C2CC(O)CN2)cc1F. The largest absolute Gasteiger partial charge is 0.392 e. The summed E-state index contributed by atoms with van der Waals surface area (Å²) in [7, 11) is 0. The molecule has 0 aromatic heterocycles. The van der Waals surface area contributed by atoms with Crippen LogP contribution in [0.4, 0.5) is 10.1 Å². The van der Waals surface area contributed by atoms with E-state index in [1.165, 1.54) is 6.07 Å². The molecule has 0 bridgehead atoms. The maximum Gasteiger partial charge on any atom is 0.241 e. The molecular formula is C12H15FN2O2. The number of aliphatic hydroxyl groups is 1. The van der Waals surface area contributed by atoms with Gasteiger partial charge >= 0.3 is 0 Å². The molecule has 0 saturated carbocycles. The van der Waals surface area contributed by atoms with Crippen LogP contribution in [-0.4, -0.2) is 29.7 Å². The van der Waals surface area contributed by atoms with E-state index in [2.05, 4.69) is 10.6 Å². The molecule has 1 saturated heterocycles. The molecule has 1 aliphatic heterocycles. The molecule has 1 aliphatic rings. The first kappa shape index (κ1) is 12.0. The van der Waals surface area contributed by atoms with Crippen molar-refractivity contribution in [2.24, 2.45) is 0 Å². The van der Waals surface area contributed by atoms with Gasteiger partial charge in [0.15, 0.2) is 0 Å². The fourth-order valence-corrected chi connectivity index (χ4v) is 1.82. The Morgan fingerprint density at radius 2 is 2.35 bits per heavy atom. The molecule has 1 amide bonds. The van der Waals surface area contributed by atoms with Gasteiger partial charge in [0.2, 0.25) is 5.91 Å². The maximum atomic E-state index is 13.3. The van der Waals surface area contributed by atoms with E-state index in [0.29, 0.717) is 24.2 Å². The van der Waals surface area contributed by atoms with E-state index in [0.717, 1.165) is 0 Å². The normalized spacial score (nSPS) is 23.7. The molecule has 92 valence electrons. The highest BCUT2D eigenvalue weighted by Crippen LogP contribution is 2.15. The molecule has 1 heterocycles. The van der Waals surface area contributed by atoms with Gasteiger partial charge in [-0.05, 0) is 31.0 Å². The summed E-state index contributed by atoms with van der Waals surface area (Å²) < 4.78 is 13.3. The quantitative estimate of drug-likeness (QED) is 0.714. The number of benzene rings is 1. The summed E-state index contributed by atoms with van der Waals surface area (Å²) in [6, 6.07) is 4.15. The Balaban J connectivity index is 2.00. The van der Waals surface area contributed by atoms with Crippen LogP contribution >= 0.6 is 0 Å². The van der Waals surface area contributed by atoms with Crippen LogP contribution in [0.25, 0.3) is 0 Å². The molecule has 2 atom stereocenters. The lowest BCUT2D eigenvalue weighted by molar-refractivity contribution is -0.117. The van der Waals surface area contributed by atoms with Crippen LogP contribution in [0, 0.1) is 12.7 Å². The Labute approximate surface area is 98.8 Å². The van der Waals surface area contributed by atoms with Crippen LogP contribution in [0.2, 0.25) is 0 Å². The number of carbonyl (C=O) groups excluding carboxylic acids is 1. The van der Waals surface area contributed by atoms with Gasteiger partial charge in [0.25, 0.3) is 0 Å². The van der Waals surface area contributed by atoms with Crippen LogP contribution in [0.15, 0.2) is 18.2 Å². The zero-order chi connectivity index (χ0) is 12.4. The topological polar surface area (TPSA) is 61.4 Å². The minimum atomic E-state index is -0.486. The molecule has 4 nitrogen and oxygen atoms in total. The van der Waals surface area contributed by atoms with Gasteiger partial charge in [0.1, 0.15) is 5.82 Å². The number of β-amino-alcohol motifs (C(OH)–C–C–N with tert-alkyl or cyclic N) is 1. The lowest BCUT2D eigenvalue weighted by Crippen LogP contribution is -2.35. The van der Waals surface area contributed by atoms with Gasteiger partial charge in [0, 0.05) is 12.2 Å². The maximum absolute atomic E-state index is 13.3.